The Morgan fingerprint density at radius 3 is 3.07 bits per heavy atom. The van der Waals surface area contributed by atoms with Gasteiger partial charge in [0.15, 0.2) is 5.84 Å². The van der Waals surface area contributed by atoms with E-state index in [1.165, 1.54) is 11.3 Å². The first-order valence-corrected chi connectivity index (χ1v) is 6.17. The van der Waals surface area contributed by atoms with E-state index in [2.05, 4.69) is 25.9 Å². The Labute approximate surface area is 100 Å². The standard InChI is InChI=1S/C9H11BrN2O2S/c1-2-6(10)9(13)14-12-8(11)7-4-3-5-15-7/h3-6H,2H2,1H3,(H2,11,12). The third-order valence-electron chi connectivity index (χ3n) is 1.62. The van der Waals surface area contributed by atoms with Gasteiger partial charge in [-0.1, -0.05) is 34.1 Å². The lowest BCUT2D eigenvalue weighted by Gasteiger charge is -2.02. The number of nitrogens with two attached hydrogens (primary N) is 1. The Balaban J connectivity index is 2.55. The van der Waals surface area contributed by atoms with E-state index in [1.807, 2.05) is 24.4 Å². The molecule has 0 spiro atoms. The number of carbonyl (C=O) groups is 1. The third kappa shape index (κ3) is 3.64. The van der Waals surface area contributed by atoms with E-state index in [-0.39, 0.29) is 10.7 Å². The van der Waals surface area contributed by atoms with Crippen LogP contribution in [0.25, 0.3) is 0 Å². The number of halogens is 1. The van der Waals surface area contributed by atoms with Crippen LogP contribution in [-0.2, 0) is 9.63 Å². The minimum absolute atomic E-state index is 0.217. The van der Waals surface area contributed by atoms with Crippen LogP contribution in [0.3, 0.4) is 0 Å². The van der Waals surface area contributed by atoms with Crippen molar-refractivity contribution in [2.75, 3.05) is 0 Å². The van der Waals surface area contributed by atoms with Crippen LogP contribution in [0.5, 0.6) is 0 Å². The lowest BCUT2D eigenvalue weighted by molar-refractivity contribution is -0.142. The number of oxime groups is 1. The Morgan fingerprint density at radius 1 is 1.80 bits per heavy atom. The summed E-state index contributed by atoms with van der Waals surface area (Å²) in [5.41, 5.74) is 5.60. The Morgan fingerprint density at radius 2 is 2.53 bits per heavy atom. The molecule has 1 unspecified atom stereocenters. The van der Waals surface area contributed by atoms with E-state index in [1.54, 1.807) is 0 Å². The summed E-state index contributed by atoms with van der Waals surface area (Å²) in [6, 6.07) is 3.66. The van der Waals surface area contributed by atoms with Crippen molar-refractivity contribution < 1.29 is 9.63 Å². The first-order valence-electron chi connectivity index (χ1n) is 4.37. The normalized spacial score (nSPS) is 13.6. The number of hydrogen-bond donors (Lipinski definition) is 1. The Bertz CT molecular complexity index is 351. The van der Waals surface area contributed by atoms with Gasteiger partial charge in [0, 0.05) is 0 Å². The summed E-state index contributed by atoms with van der Waals surface area (Å²) < 4.78 is 0. The van der Waals surface area contributed by atoms with Crippen LogP contribution in [0, 0.1) is 0 Å². The zero-order valence-corrected chi connectivity index (χ0v) is 10.5. The van der Waals surface area contributed by atoms with Gasteiger partial charge in [-0.25, -0.2) is 4.79 Å². The second-order valence-electron chi connectivity index (χ2n) is 2.74. The van der Waals surface area contributed by atoms with Crippen molar-refractivity contribution in [2.24, 2.45) is 10.9 Å². The van der Waals surface area contributed by atoms with Crippen molar-refractivity contribution in [3.8, 4) is 0 Å². The molecule has 0 saturated carbocycles. The molecule has 4 nitrogen and oxygen atoms in total. The van der Waals surface area contributed by atoms with Crippen molar-refractivity contribution in [1.29, 1.82) is 0 Å². The van der Waals surface area contributed by atoms with Gasteiger partial charge in [-0.05, 0) is 17.9 Å². The SMILES string of the molecule is CCC(Br)C(=O)O/N=C(\N)c1cccs1. The quantitative estimate of drug-likeness (QED) is 0.304. The summed E-state index contributed by atoms with van der Waals surface area (Å²) in [7, 11) is 0. The van der Waals surface area contributed by atoms with Gasteiger partial charge in [-0.2, -0.15) is 0 Å². The number of hydrogen-bond acceptors (Lipinski definition) is 4. The van der Waals surface area contributed by atoms with Crippen molar-refractivity contribution in [1.82, 2.24) is 0 Å². The minimum atomic E-state index is -0.433. The smallest absolute Gasteiger partial charge is 0.348 e. The maximum Gasteiger partial charge on any atom is 0.348 e. The molecule has 0 saturated heterocycles. The number of nitrogens with zero attached hydrogens (tertiary/aromatic N) is 1. The van der Waals surface area contributed by atoms with Crippen LogP contribution < -0.4 is 5.73 Å². The van der Waals surface area contributed by atoms with E-state index >= 15 is 0 Å². The fraction of sp³-hybridized carbons (Fsp3) is 0.333. The molecule has 1 heterocycles. The maximum atomic E-state index is 11.2. The van der Waals surface area contributed by atoms with E-state index in [0.717, 1.165) is 4.88 Å². The average Bonchev–Trinajstić information content (AvgIpc) is 2.77. The summed E-state index contributed by atoms with van der Waals surface area (Å²) in [4.78, 5) is 16.3. The monoisotopic (exact) mass is 290 g/mol. The zero-order valence-electron chi connectivity index (χ0n) is 8.14. The van der Waals surface area contributed by atoms with Gasteiger partial charge >= 0.3 is 5.97 Å². The summed E-state index contributed by atoms with van der Waals surface area (Å²) in [5.74, 6) is -0.217. The lowest BCUT2D eigenvalue weighted by Crippen LogP contribution is -2.18. The van der Waals surface area contributed by atoms with Gasteiger partial charge in [0.1, 0.15) is 4.83 Å². The molecule has 6 heteroatoms. The molecule has 1 rings (SSSR count). The van der Waals surface area contributed by atoms with Gasteiger partial charge in [-0.3, -0.25) is 0 Å². The van der Waals surface area contributed by atoms with E-state index in [4.69, 9.17) is 5.73 Å². The molecule has 15 heavy (non-hydrogen) atoms. The van der Waals surface area contributed by atoms with Crippen LogP contribution in [0.1, 0.15) is 18.2 Å². The zero-order chi connectivity index (χ0) is 11.3. The van der Waals surface area contributed by atoms with E-state index in [9.17, 15) is 4.79 Å². The second kappa shape index (κ2) is 5.87. The molecule has 0 aliphatic heterocycles. The first-order chi connectivity index (χ1) is 7.15. The molecular weight excluding hydrogens is 280 g/mol. The van der Waals surface area contributed by atoms with Crippen molar-refractivity contribution in [3.63, 3.8) is 0 Å². The van der Waals surface area contributed by atoms with Gasteiger partial charge in [0.05, 0.1) is 4.88 Å². The molecule has 0 aliphatic rings. The molecule has 0 amide bonds. The highest BCUT2D eigenvalue weighted by molar-refractivity contribution is 9.10. The van der Waals surface area contributed by atoms with Crippen LogP contribution >= 0.6 is 27.3 Å². The van der Waals surface area contributed by atoms with Crippen molar-refractivity contribution in [3.05, 3.63) is 22.4 Å². The molecular formula is C9H11BrN2O2S. The molecule has 0 fully saturated rings. The number of alkyl halides is 1. The summed E-state index contributed by atoms with van der Waals surface area (Å²) in [6.45, 7) is 1.87. The van der Waals surface area contributed by atoms with Crippen LogP contribution in [0.15, 0.2) is 22.7 Å². The molecule has 82 valence electrons. The second-order valence-corrected chi connectivity index (χ2v) is 4.79. The van der Waals surface area contributed by atoms with Gasteiger partial charge in [0.2, 0.25) is 0 Å². The average molecular weight is 291 g/mol. The molecule has 2 N–H and O–H groups in total. The molecule has 0 aromatic carbocycles. The molecule has 1 atom stereocenters. The number of amidine groups is 1. The minimum Gasteiger partial charge on any atom is -0.380 e. The third-order valence-corrected chi connectivity index (χ3v) is 3.54. The fourth-order valence-corrected chi connectivity index (χ4v) is 1.49. The van der Waals surface area contributed by atoms with Crippen LogP contribution in [0.2, 0.25) is 0 Å². The highest BCUT2D eigenvalue weighted by Crippen LogP contribution is 2.09. The summed E-state index contributed by atoms with van der Waals surface area (Å²) >= 11 is 4.60. The van der Waals surface area contributed by atoms with Gasteiger partial charge in [0.25, 0.3) is 0 Å². The van der Waals surface area contributed by atoms with E-state index < -0.39 is 5.97 Å². The number of thiophene rings is 1. The lowest BCUT2D eigenvalue weighted by atomic mass is 10.3. The van der Waals surface area contributed by atoms with Crippen molar-refractivity contribution in [2.45, 2.75) is 18.2 Å². The predicted octanol–water partition coefficient (Wildman–Crippen LogP) is 2.09. The Kier molecular flexibility index (Phi) is 4.77. The highest BCUT2D eigenvalue weighted by atomic mass is 79.9. The summed E-state index contributed by atoms with van der Waals surface area (Å²) in [6.07, 6.45) is 0.646. The molecule has 0 bridgehead atoms. The van der Waals surface area contributed by atoms with E-state index in [0.29, 0.717) is 6.42 Å². The maximum absolute atomic E-state index is 11.2. The fourth-order valence-electron chi connectivity index (χ4n) is 0.787. The summed E-state index contributed by atoms with van der Waals surface area (Å²) in [5, 5.41) is 5.43. The number of rotatable bonds is 4. The molecule has 0 radical (unpaired) electrons. The van der Waals surface area contributed by atoms with Gasteiger partial charge < -0.3 is 10.6 Å². The largest absolute Gasteiger partial charge is 0.380 e. The van der Waals surface area contributed by atoms with Gasteiger partial charge in [-0.15, -0.1) is 11.3 Å². The molecule has 1 aromatic rings. The molecule has 0 aliphatic carbocycles. The van der Waals surface area contributed by atoms with Crippen molar-refractivity contribution >= 4 is 39.1 Å². The number of carbonyl (C=O) groups excluding carboxylic acids is 1. The Hall–Kier alpha value is -0.880. The predicted molar refractivity (Wildman–Crippen MR) is 64.1 cm³/mol. The molecule has 1 aromatic heterocycles. The van der Waals surface area contributed by atoms with Crippen LogP contribution in [-0.4, -0.2) is 16.6 Å². The van der Waals surface area contributed by atoms with Crippen LogP contribution in [0.4, 0.5) is 0 Å². The highest BCUT2D eigenvalue weighted by Gasteiger charge is 2.14. The topological polar surface area (TPSA) is 64.7 Å². The first kappa shape index (κ1) is 12.2.